The number of nitrogens with one attached hydrogen (secondary N) is 1. The van der Waals surface area contributed by atoms with Crippen LogP contribution in [0, 0.1) is 0 Å². The van der Waals surface area contributed by atoms with Crippen LogP contribution in [0.1, 0.15) is 15.2 Å². The van der Waals surface area contributed by atoms with Gasteiger partial charge in [-0.05, 0) is 39.5 Å². The van der Waals surface area contributed by atoms with E-state index in [1.165, 1.54) is 11.3 Å². The van der Waals surface area contributed by atoms with Gasteiger partial charge >= 0.3 is 0 Å². The fourth-order valence-corrected chi connectivity index (χ4v) is 3.25. The smallest absolute Gasteiger partial charge is 0.258 e. The summed E-state index contributed by atoms with van der Waals surface area (Å²) < 4.78 is 0.730. The van der Waals surface area contributed by atoms with Gasteiger partial charge in [-0.1, -0.05) is 29.5 Å². The van der Waals surface area contributed by atoms with Crippen LogP contribution in [0.2, 0.25) is 0 Å². The molecule has 22 heavy (non-hydrogen) atoms. The summed E-state index contributed by atoms with van der Waals surface area (Å²) in [4.78, 5) is 17.4. The lowest BCUT2D eigenvalue weighted by atomic mass is 10.2. The van der Waals surface area contributed by atoms with Gasteiger partial charge in [0.2, 0.25) is 10.3 Å². The molecule has 1 amide bonds. The second-order valence-corrected chi connectivity index (χ2v) is 6.89. The Morgan fingerprint density at radius 1 is 1.23 bits per heavy atom. The molecule has 0 aliphatic carbocycles. The second-order valence-electron chi connectivity index (χ2n) is 4.10. The van der Waals surface area contributed by atoms with E-state index < -0.39 is 0 Å². The highest BCUT2D eigenvalue weighted by molar-refractivity contribution is 9.10. The number of carbonyl (C=O) groups is 1. The maximum Gasteiger partial charge on any atom is 0.258 e. The summed E-state index contributed by atoms with van der Waals surface area (Å²) >= 11 is 6.16. The summed E-state index contributed by atoms with van der Waals surface area (Å²) in [5.41, 5.74) is 0.543. The number of aromatic nitrogens is 2. The molecular weight excluding hydrogens is 384 g/mol. The van der Waals surface area contributed by atoms with E-state index in [0.29, 0.717) is 15.8 Å². The summed E-state index contributed by atoms with van der Waals surface area (Å²) in [6.45, 7) is 0. The van der Waals surface area contributed by atoms with Crippen molar-refractivity contribution in [2.24, 2.45) is 4.99 Å². The van der Waals surface area contributed by atoms with Crippen molar-refractivity contribution in [2.75, 3.05) is 5.32 Å². The van der Waals surface area contributed by atoms with E-state index in [0.717, 1.165) is 9.35 Å². The van der Waals surface area contributed by atoms with Crippen molar-refractivity contribution >= 4 is 61.0 Å². The molecule has 0 aliphatic rings. The maximum atomic E-state index is 12.1. The third-order valence-corrected chi connectivity index (χ3v) is 4.84. The van der Waals surface area contributed by atoms with Crippen LogP contribution in [-0.2, 0) is 0 Å². The quantitative estimate of drug-likeness (QED) is 0.670. The van der Waals surface area contributed by atoms with E-state index in [1.54, 1.807) is 29.7 Å². The van der Waals surface area contributed by atoms with Crippen molar-refractivity contribution < 1.29 is 4.79 Å². The Morgan fingerprint density at radius 2 is 2.09 bits per heavy atom. The Balaban J connectivity index is 1.69. The molecule has 0 unspecified atom stereocenters. The topological polar surface area (TPSA) is 67.2 Å². The van der Waals surface area contributed by atoms with Crippen LogP contribution < -0.4 is 5.32 Å². The first kappa shape index (κ1) is 15.0. The summed E-state index contributed by atoms with van der Waals surface area (Å²) in [5.74, 6) is -0.239. The van der Waals surface area contributed by atoms with Gasteiger partial charge in [0.1, 0.15) is 0 Å². The highest BCUT2D eigenvalue weighted by atomic mass is 79.9. The first-order valence-electron chi connectivity index (χ1n) is 6.19. The van der Waals surface area contributed by atoms with Gasteiger partial charge in [0, 0.05) is 15.6 Å². The number of anilines is 1. The minimum atomic E-state index is -0.239. The van der Waals surface area contributed by atoms with Crippen LogP contribution >= 0.6 is 38.6 Å². The molecule has 2 aromatic heterocycles. The summed E-state index contributed by atoms with van der Waals surface area (Å²) in [5, 5.41) is 13.5. The largest absolute Gasteiger partial charge is 0.296 e. The lowest BCUT2D eigenvalue weighted by Gasteiger charge is -2.02. The van der Waals surface area contributed by atoms with Gasteiger partial charge < -0.3 is 0 Å². The molecule has 110 valence electrons. The third kappa shape index (κ3) is 3.65. The zero-order chi connectivity index (χ0) is 15.4. The lowest BCUT2D eigenvalue weighted by molar-refractivity contribution is 0.102. The van der Waals surface area contributed by atoms with Crippen LogP contribution in [-0.4, -0.2) is 22.3 Å². The highest BCUT2D eigenvalue weighted by Gasteiger charge is 2.12. The molecule has 5 nitrogen and oxygen atoms in total. The van der Waals surface area contributed by atoms with Crippen molar-refractivity contribution in [3.8, 4) is 0 Å². The van der Waals surface area contributed by atoms with Crippen LogP contribution in [0.25, 0.3) is 0 Å². The molecule has 0 atom stereocenters. The number of hydrogen-bond acceptors (Lipinski definition) is 6. The molecule has 1 N–H and O–H groups in total. The predicted molar refractivity (Wildman–Crippen MR) is 93.6 cm³/mol. The van der Waals surface area contributed by atoms with Crippen molar-refractivity contribution in [1.29, 1.82) is 0 Å². The lowest BCUT2D eigenvalue weighted by Crippen LogP contribution is -2.12. The van der Waals surface area contributed by atoms with Gasteiger partial charge in [0.15, 0.2) is 0 Å². The molecule has 3 aromatic rings. The molecule has 2 heterocycles. The molecule has 0 saturated heterocycles. The first-order chi connectivity index (χ1) is 10.7. The molecule has 0 saturated carbocycles. The Morgan fingerprint density at radius 3 is 2.86 bits per heavy atom. The van der Waals surface area contributed by atoms with Crippen LogP contribution in [0.5, 0.6) is 0 Å². The number of halogens is 1. The average Bonchev–Trinajstić information content (AvgIpc) is 3.17. The predicted octanol–water partition coefficient (Wildman–Crippen LogP) is 4.37. The SMILES string of the molecule is O=C(Nc1nnc(/N=C/c2cccs2)s1)c1ccccc1Br. The van der Waals surface area contributed by atoms with Crippen molar-refractivity contribution in [2.45, 2.75) is 0 Å². The number of thiophene rings is 1. The number of rotatable bonds is 4. The Hall–Kier alpha value is -1.90. The Kier molecular flexibility index (Phi) is 4.71. The fraction of sp³-hybridized carbons (Fsp3) is 0. The van der Waals surface area contributed by atoms with Crippen molar-refractivity contribution in [3.63, 3.8) is 0 Å². The minimum Gasteiger partial charge on any atom is -0.296 e. The maximum absolute atomic E-state index is 12.1. The molecule has 0 aliphatic heterocycles. The average molecular weight is 393 g/mol. The summed E-state index contributed by atoms with van der Waals surface area (Å²) in [7, 11) is 0. The van der Waals surface area contributed by atoms with E-state index in [1.807, 2.05) is 29.6 Å². The van der Waals surface area contributed by atoms with Gasteiger partial charge in [0.05, 0.1) is 5.56 Å². The van der Waals surface area contributed by atoms with E-state index in [2.05, 4.69) is 36.4 Å². The third-order valence-electron chi connectivity index (χ3n) is 2.60. The molecule has 0 bridgehead atoms. The zero-order valence-corrected chi connectivity index (χ0v) is 14.3. The van der Waals surface area contributed by atoms with E-state index >= 15 is 0 Å². The molecular formula is C14H9BrN4OS2. The van der Waals surface area contributed by atoms with Crippen LogP contribution in [0.4, 0.5) is 10.3 Å². The molecule has 0 spiro atoms. The monoisotopic (exact) mass is 392 g/mol. The second kappa shape index (κ2) is 6.91. The van der Waals surface area contributed by atoms with Gasteiger partial charge in [-0.15, -0.1) is 21.5 Å². The molecule has 0 radical (unpaired) electrons. The number of aliphatic imine (C=N–C) groups is 1. The van der Waals surface area contributed by atoms with Gasteiger partial charge in [-0.2, -0.15) is 0 Å². The zero-order valence-electron chi connectivity index (χ0n) is 11.1. The standard InChI is InChI=1S/C14H9BrN4OS2/c15-11-6-2-1-5-10(11)12(20)17-14-19-18-13(22-14)16-8-9-4-3-7-21-9/h1-8H,(H,17,19,20)/b16-8+. The molecule has 8 heteroatoms. The minimum absolute atomic E-state index is 0.239. The number of benzene rings is 1. The first-order valence-corrected chi connectivity index (χ1v) is 8.68. The normalized spacial score (nSPS) is 11.0. The van der Waals surface area contributed by atoms with Gasteiger partial charge in [0.25, 0.3) is 5.91 Å². The Labute approximate surface area is 142 Å². The molecule has 1 aromatic carbocycles. The molecule has 3 rings (SSSR count). The van der Waals surface area contributed by atoms with Gasteiger partial charge in [-0.3, -0.25) is 10.1 Å². The van der Waals surface area contributed by atoms with E-state index in [9.17, 15) is 4.79 Å². The highest BCUT2D eigenvalue weighted by Crippen LogP contribution is 2.24. The van der Waals surface area contributed by atoms with Gasteiger partial charge in [-0.25, -0.2) is 4.99 Å². The van der Waals surface area contributed by atoms with E-state index in [4.69, 9.17) is 0 Å². The summed E-state index contributed by atoms with van der Waals surface area (Å²) in [6, 6.07) is 11.1. The van der Waals surface area contributed by atoms with E-state index in [-0.39, 0.29) is 5.91 Å². The molecule has 0 fully saturated rings. The summed E-state index contributed by atoms with van der Waals surface area (Å²) in [6.07, 6.45) is 1.73. The van der Waals surface area contributed by atoms with Crippen LogP contribution in [0.15, 0.2) is 51.2 Å². The Bertz CT molecular complexity index is 814. The van der Waals surface area contributed by atoms with Crippen molar-refractivity contribution in [1.82, 2.24) is 10.2 Å². The van der Waals surface area contributed by atoms with Crippen molar-refractivity contribution in [3.05, 3.63) is 56.7 Å². The number of carbonyl (C=O) groups excluding carboxylic acids is 1. The van der Waals surface area contributed by atoms with Crippen LogP contribution in [0.3, 0.4) is 0 Å². The number of nitrogens with zero attached hydrogens (tertiary/aromatic N) is 3. The fourth-order valence-electron chi connectivity index (χ4n) is 1.61. The number of amides is 1. The number of hydrogen-bond donors (Lipinski definition) is 1.